The van der Waals surface area contributed by atoms with Crippen molar-refractivity contribution in [3.8, 4) is 0 Å². The first-order valence-electron chi connectivity index (χ1n) is 1.91. The van der Waals surface area contributed by atoms with E-state index in [2.05, 4.69) is 0 Å². The summed E-state index contributed by atoms with van der Waals surface area (Å²) < 4.78 is 4.81. The summed E-state index contributed by atoms with van der Waals surface area (Å²) in [5.74, 6) is 1.31. The van der Waals surface area contributed by atoms with Crippen molar-refractivity contribution in [2.75, 3.05) is 5.88 Å². The third-order valence-electron chi connectivity index (χ3n) is 0.786. The summed E-state index contributed by atoms with van der Waals surface area (Å²) >= 11 is 10.6. The molecule has 1 rings (SSSR count). The van der Waals surface area contributed by atoms with Crippen molar-refractivity contribution in [3.63, 3.8) is 0 Å². The maximum Gasteiger partial charge on any atom is 0.169 e. The van der Waals surface area contributed by atoms with E-state index in [0.29, 0.717) is 5.88 Å². The van der Waals surface area contributed by atoms with E-state index in [1.54, 1.807) is 0 Å². The third kappa shape index (κ3) is 1.01. The first kappa shape index (κ1) is 5.26. The highest BCUT2D eigenvalue weighted by Crippen LogP contribution is 2.27. The summed E-state index contributed by atoms with van der Waals surface area (Å²) in [5, 5.41) is 0. The molecule has 1 heterocycles. The van der Waals surface area contributed by atoms with Gasteiger partial charge in [-0.05, 0) is 0 Å². The first-order valence-corrected chi connectivity index (χ1v) is 2.88. The number of ether oxygens (including phenoxy) is 1. The van der Waals surface area contributed by atoms with Crippen LogP contribution in [0.25, 0.3) is 0 Å². The minimum absolute atomic E-state index is 0.110. The highest BCUT2D eigenvalue weighted by atomic mass is 35.5. The second-order valence-corrected chi connectivity index (χ2v) is 1.80. The number of epoxide rings is 1. The summed E-state index contributed by atoms with van der Waals surface area (Å²) in [4.78, 5) is 0. The first-order chi connectivity index (χ1) is 3.38. The van der Waals surface area contributed by atoms with Crippen molar-refractivity contribution in [1.82, 2.24) is 0 Å². The second kappa shape index (κ2) is 1.93. The van der Waals surface area contributed by atoms with E-state index in [-0.39, 0.29) is 6.10 Å². The smallest absolute Gasteiger partial charge is 0.169 e. The van der Waals surface area contributed by atoms with Crippen LogP contribution in [-0.4, -0.2) is 12.0 Å². The molecule has 0 aromatic rings. The normalized spacial score (nSPS) is 32.9. The van der Waals surface area contributed by atoms with Crippen LogP contribution in [0.2, 0.25) is 0 Å². The van der Waals surface area contributed by atoms with Crippen molar-refractivity contribution in [3.05, 3.63) is 11.3 Å². The molecule has 0 aromatic carbocycles. The SMILES string of the molecule is ClC=C1OC1CCl. The minimum Gasteiger partial charge on any atom is -0.481 e. The van der Waals surface area contributed by atoms with Crippen molar-refractivity contribution in [2.24, 2.45) is 0 Å². The van der Waals surface area contributed by atoms with Crippen LogP contribution >= 0.6 is 23.2 Å². The molecular weight excluding hydrogens is 135 g/mol. The minimum atomic E-state index is 0.110. The van der Waals surface area contributed by atoms with Gasteiger partial charge in [-0.2, -0.15) is 0 Å². The second-order valence-electron chi connectivity index (χ2n) is 1.27. The fourth-order valence-corrected chi connectivity index (χ4v) is 0.741. The summed E-state index contributed by atoms with van der Waals surface area (Å²) in [5.41, 5.74) is 1.41. The number of rotatable bonds is 1. The molecular formula is C4H4Cl2O. The van der Waals surface area contributed by atoms with Gasteiger partial charge in [-0.25, -0.2) is 0 Å². The van der Waals surface area contributed by atoms with E-state index >= 15 is 0 Å². The van der Waals surface area contributed by atoms with Crippen molar-refractivity contribution < 1.29 is 4.74 Å². The van der Waals surface area contributed by atoms with Crippen LogP contribution in [0.15, 0.2) is 11.3 Å². The largest absolute Gasteiger partial charge is 0.481 e. The molecule has 1 saturated heterocycles. The Labute approximate surface area is 51.9 Å². The molecule has 40 valence electrons. The molecule has 0 aliphatic carbocycles. The molecule has 0 aromatic heterocycles. The molecule has 0 bridgehead atoms. The molecule has 1 unspecified atom stereocenters. The molecule has 7 heavy (non-hydrogen) atoms. The van der Waals surface area contributed by atoms with Crippen LogP contribution in [0.3, 0.4) is 0 Å². The standard InChI is InChI=1S/C4H4Cl2O/c5-1-3-4(2-6)7-3/h1,4H,2H2. The fourth-order valence-electron chi connectivity index (χ4n) is 0.334. The van der Waals surface area contributed by atoms with Gasteiger partial charge in [0.25, 0.3) is 0 Å². The van der Waals surface area contributed by atoms with E-state index in [1.807, 2.05) is 0 Å². The summed E-state index contributed by atoms with van der Waals surface area (Å²) in [6.07, 6.45) is 0.110. The molecule has 1 atom stereocenters. The Morgan fingerprint density at radius 1 is 1.86 bits per heavy atom. The highest BCUT2D eigenvalue weighted by Gasteiger charge is 2.30. The Morgan fingerprint density at radius 3 is 2.71 bits per heavy atom. The van der Waals surface area contributed by atoms with Crippen LogP contribution in [0.1, 0.15) is 0 Å². The van der Waals surface area contributed by atoms with Crippen molar-refractivity contribution in [1.29, 1.82) is 0 Å². The fraction of sp³-hybridized carbons (Fsp3) is 0.500. The molecule has 0 spiro atoms. The van der Waals surface area contributed by atoms with Crippen molar-refractivity contribution in [2.45, 2.75) is 6.10 Å². The Bertz CT molecular complexity index is 99.9. The van der Waals surface area contributed by atoms with Crippen LogP contribution in [-0.2, 0) is 4.74 Å². The van der Waals surface area contributed by atoms with Gasteiger partial charge in [0.2, 0.25) is 0 Å². The van der Waals surface area contributed by atoms with Gasteiger partial charge in [0, 0.05) is 5.54 Å². The van der Waals surface area contributed by atoms with Gasteiger partial charge in [-0.1, -0.05) is 11.6 Å². The van der Waals surface area contributed by atoms with Gasteiger partial charge in [-0.15, -0.1) is 11.6 Å². The summed E-state index contributed by atoms with van der Waals surface area (Å²) in [6, 6.07) is 0. The quantitative estimate of drug-likeness (QED) is 0.397. The van der Waals surface area contributed by atoms with Gasteiger partial charge >= 0.3 is 0 Å². The number of halogens is 2. The molecule has 0 saturated carbocycles. The van der Waals surface area contributed by atoms with Gasteiger partial charge in [0.1, 0.15) is 0 Å². The zero-order chi connectivity index (χ0) is 5.28. The van der Waals surface area contributed by atoms with Crippen molar-refractivity contribution >= 4 is 23.2 Å². The van der Waals surface area contributed by atoms with E-state index in [4.69, 9.17) is 27.9 Å². The lowest BCUT2D eigenvalue weighted by Crippen LogP contribution is -1.79. The average molecular weight is 139 g/mol. The van der Waals surface area contributed by atoms with Gasteiger partial charge in [0.15, 0.2) is 11.9 Å². The monoisotopic (exact) mass is 138 g/mol. The van der Waals surface area contributed by atoms with Crippen LogP contribution in [0.4, 0.5) is 0 Å². The Hall–Kier alpha value is 0.120. The van der Waals surface area contributed by atoms with E-state index in [1.165, 1.54) is 5.54 Å². The molecule has 0 N–H and O–H groups in total. The highest BCUT2D eigenvalue weighted by molar-refractivity contribution is 6.26. The lowest BCUT2D eigenvalue weighted by Gasteiger charge is -1.66. The summed E-state index contributed by atoms with van der Waals surface area (Å²) in [6.45, 7) is 0. The van der Waals surface area contributed by atoms with Crippen LogP contribution < -0.4 is 0 Å². The molecule has 0 amide bonds. The Kier molecular flexibility index (Phi) is 1.45. The van der Waals surface area contributed by atoms with Gasteiger partial charge in [-0.3, -0.25) is 0 Å². The topological polar surface area (TPSA) is 12.5 Å². The average Bonchev–Trinajstić information content (AvgIpc) is 2.43. The maximum absolute atomic E-state index is 5.35. The van der Waals surface area contributed by atoms with Crippen LogP contribution in [0.5, 0.6) is 0 Å². The Morgan fingerprint density at radius 2 is 2.57 bits per heavy atom. The van der Waals surface area contributed by atoms with Crippen LogP contribution in [0, 0.1) is 0 Å². The lowest BCUT2D eigenvalue weighted by atomic mass is 10.5. The van der Waals surface area contributed by atoms with Gasteiger partial charge in [0.05, 0.1) is 5.88 Å². The molecule has 3 heteroatoms. The predicted octanol–water partition coefficient (Wildman–Crippen LogP) is 1.70. The van der Waals surface area contributed by atoms with E-state index < -0.39 is 0 Å². The predicted molar refractivity (Wildman–Crippen MR) is 29.5 cm³/mol. The molecule has 1 aliphatic rings. The molecule has 1 fully saturated rings. The van der Waals surface area contributed by atoms with Gasteiger partial charge < -0.3 is 4.74 Å². The summed E-state index contributed by atoms with van der Waals surface area (Å²) in [7, 11) is 0. The zero-order valence-corrected chi connectivity index (χ0v) is 5.04. The molecule has 1 aliphatic heterocycles. The number of alkyl halides is 1. The molecule has 1 nitrogen and oxygen atoms in total. The Balaban J connectivity index is 2.31. The maximum atomic E-state index is 5.35. The third-order valence-corrected chi connectivity index (χ3v) is 1.28. The number of hydrogen-bond acceptors (Lipinski definition) is 1. The lowest BCUT2D eigenvalue weighted by molar-refractivity contribution is 0.448. The molecule has 0 radical (unpaired) electrons. The zero-order valence-electron chi connectivity index (χ0n) is 3.53. The van der Waals surface area contributed by atoms with E-state index in [0.717, 1.165) is 5.76 Å². The number of hydrogen-bond donors (Lipinski definition) is 0. The van der Waals surface area contributed by atoms with E-state index in [9.17, 15) is 0 Å².